The summed E-state index contributed by atoms with van der Waals surface area (Å²) in [4.78, 5) is 4.52. The highest BCUT2D eigenvalue weighted by Crippen LogP contribution is 2.19. The summed E-state index contributed by atoms with van der Waals surface area (Å²) in [5, 5.41) is 6.05. The summed E-state index contributed by atoms with van der Waals surface area (Å²) in [6.07, 6.45) is 0.908. The van der Waals surface area contributed by atoms with E-state index in [-0.39, 0.29) is 12.4 Å². The van der Waals surface area contributed by atoms with Crippen molar-refractivity contribution in [3.05, 3.63) is 48.0 Å². The van der Waals surface area contributed by atoms with E-state index in [9.17, 15) is 0 Å². The van der Waals surface area contributed by atoms with E-state index in [1.807, 2.05) is 0 Å². The number of rotatable bonds is 2. The normalized spacial score (nSPS) is 18.1. The zero-order valence-corrected chi connectivity index (χ0v) is 11.2. The monoisotopic (exact) mass is 260 g/mol. The highest BCUT2D eigenvalue weighted by molar-refractivity contribution is 5.92. The first kappa shape index (κ1) is 12.9. The number of nitrogens with one attached hydrogen (secondary N) is 1. The number of amidine groups is 1. The minimum atomic E-state index is 0. The molecule has 0 fully saturated rings. The smallest absolute Gasteiger partial charge is 0.101 e. The summed E-state index contributed by atoms with van der Waals surface area (Å²) in [5.41, 5.74) is 1.35. The molecular formula is C15H17ClN2. The summed E-state index contributed by atoms with van der Waals surface area (Å²) >= 11 is 0. The number of nitrogens with zero attached hydrogens (tertiary/aromatic N) is 1. The minimum absolute atomic E-state index is 0. The van der Waals surface area contributed by atoms with Crippen LogP contribution in [0.25, 0.3) is 10.8 Å². The van der Waals surface area contributed by atoms with E-state index < -0.39 is 0 Å². The zero-order valence-electron chi connectivity index (χ0n) is 10.4. The quantitative estimate of drug-likeness (QED) is 0.881. The van der Waals surface area contributed by atoms with Gasteiger partial charge in [-0.1, -0.05) is 42.5 Å². The van der Waals surface area contributed by atoms with Gasteiger partial charge in [-0.25, -0.2) is 0 Å². The van der Waals surface area contributed by atoms with Gasteiger partial charge in [0, 0.05) is 12.5 Å². The van der Waals surface area contributed by atoms with E-state index in [4.69, 9.17) is 0 Å². The zero-order chi connectivity index (χ0) is 11.7. The minimum Gasteiger partial charge on any atom is -0.369 e. The fraction of sp³-hybridized carbons (Fsp3) is 0.267. The van der Waals surface area contributed by atoms with E-state index in [0.29, 0.717) is 6.04 Å². The summed E-state index contributed by atoms with van der Waals surface area (Å²) in [7, 11) is 0. The van der Waals surface area contributed by atoms with E-state index in [1.165, 1.54) is 16.3 Å². The molecule has 1 heterocycles. The third kappa shape index (κ3) is 2.49. The SMILES string of the molecule is CC1CN=C(Cc2cccc3ccccc23)N1.Cl. The van der Waals surface area contributed by atoms with Crippen LogP contribution in [-0.2, 0) is 6.42 Å². The second kappa shape index (κ2) is 5.40. The average molecular weight is 261 g/mol. The lowest BCUT2D eigenvalue weighted by atomic mass is 10.0. The molecule has 1 N–H and O–H groups in total. The van der Waals surface area contributed by atoms with Crippen molar-refractivity contribution in [3.63, 3.8) is 0 Å². The highest BCUT2D eigenvalue weighted by atomic mass is 35.5. The van der Waals surface area contributed by atoms with Crippen LogP contribution >= 0.6 is 12.4 Å². The van der Waals surface area contributed by atoms with Gasteiger partial charge in [0.25, 0.3) is 0 Å². The van der Waals surface area contributed by atoms with Gasteiger partial charge in [0.2, 0.25) is 0 Å². The summed E-state index contributed by atoms with van der Waals surface area (Å²) < 4.78 is 0. The molecular weight excluding hydrogens is 244 g/mol. The van der Waals surface area contributed by atoms with E-state index in [2.05, 4.69) is 59.7 Å². The van der Waals surface area contributed by atoms with Gasteiger partial charge in [-0.3, -0.25) is 4.99 Å². The Morgan fingerprint density at radius 3 is 2.72 bits per heavy atom. The summed E-state index contributed by atoms with van der Waals surface area (Å²) in [5.74, 6) is 1.12. The van der Waals surface area contributed by atoms with Gasteiger partial charge in [0.05, 0.1) is 6.54 Å². The third-order valence-corrected chi connectivity index (χ3v) is 3.21. The number of halogens is 1. The highest BCUT2D eigenvalue weighted by Gasteiger charge is 2.13. The van der Waals surface area contributed by atoms with Crippen molar-refractivity contribution in [2.45, 2.75) is 19.4 Å². The Morgan fingerprint density at radius 2 is 1.94 bits per heavy atom. The predicted molar refractivity (Wildman–Crippen MR) is 79.8 cm³/mol. The molecule has 2 aromatic carbocycles. The molecule has 1 atom stereocenters. The lowest BCUT2D eigenvalue weighted by Gasteiger charge is -2.08. The van der Waals surface area contributed by atoms with Crippen LogP contribution in [0.2, 0.25) is 0 Å². The molecule has 0 radical (unpaired) electrons. The maximum absolute atomic E-state index is 4.52. The van der Waals surface area contributed by atoms with Gasteiger partial charge < -0.3 is 5.32 Å². The molecule has 0 saturated heterocycles. The lowest BCUT2D eigenvalue weighted by Crippen LogP contribution is -2.28. The first-order valence-electron chi connectivity index (χ1n) is 6.09. The molecule has 18 heavy (non-hydrogen) atoms. The Hall–Kier alpha value is -1.54. The molecule has 0 amide bonds. The van der Waals surface area contributed by atoms with Gasteiger partial charge >= 0.3 is 0 Å². The molecule has 1 aliphatic heterocycles. The molecule has 94 valence electrons. The number of benzene rings is 2. The molecule has 0 bridgehead atoms. The van der Waals surface area contributed by atoms with Crippen LogP contribution in [0, 0.1) is 0 Å². The topological polar surface area (TPSA) is 24.4 Å². The molecule has 2 aromatic rings. The van der Waals surface area contributed by atoms with E-state index >= 15 is 0 Å². The Bertz CT molecular complexity index is 572. The van der Waals surface area contributed by atoms with Crippen molar-refractivity contribution < 1.29 is 0 Å². The largest absolute Gasteiger partial charge is 0.369 e. The van der Waals surface area contributed by atoms with Gasteiger partial charge in [-0.05, 0) is 23.3 Å². The molecule has 1 aliphatic rings. The van der Waals surface area contributed by atoms with Crippen molar-refractivity contribution >= 4 is 29.0 Å². The molecule has 0 aromatic heterocycles. The van der Waals surface area contributed by atoms with Gasteiger partial charge in [-0.2, -0.15) is 0 Å². The molecule has 3 rings (SSSR count). The fourth-order valence-electron chi connectivity index (χ4n) is 2.36. The molecule has 0 aliphatic carbocycles. The predicted octanol–water partition coefficient (Wildman–Crippen LogP) is 3.19. The summed E-state index contributed by atoms with van der Waals surface area (Å²) in [6.45, 7) is 3.07. The Kier molecular flexibility index (Phi) is 3.87. The maximum atomic E-state index is 4.52. The van der Waals surface area contributed by atoms with Crippen molar-refractivity contribution in [2.24, 2.45) is 4.99 Å². The summed E-state index contributed by atoms with van der Waals surface area (Å²) in [6, 6.07) is 15.5. The number of aliphatic imine (C=N–C) groups is 1. The van der Waals surface area contributed by atoms with Crippen molar-refractivity contribution in [1.29, 1.82) is 0 Å². The molecule has 0 spiro atoms. The standard InChI is InChI=1S/C15H16N2.ClH/c1-11-10-16-15(17-11)9-13-7-4-6-12-5-2-3-8-14(12)13;/h2-8,11H,9-10H2,1H3,(H,16,17);1H. The molecule has 0 saturated carbocycles. The van der Waals surface area contributed by atoms with Gasteiger partial charge in [0.1, 0.15) is 5.84 Å². The lowest BCUT2D eigenvalue weighted by molar-refractivity contribution is 0.723. The number of hydrogen-bond acceptors (Lipinski definition) is 2. The maximum Gasteiger partial charge on any atom is 0.101 e. The van der Waals surface area contributed by atoms with Gasteiger partial charge in [0.15, 0.2) is 0 Å². The third-order valence-electron chi connectivity index (χ3n) is 3.21. The second-order valence-electron chi connectivity index (χ2n) is 4.65. The number of fused-ring (bicyclic) bond motifs is 1. The average Bonchev–Trinajstić information content (AvgIpc) is 2.75. The number of hydrogen-bond donors (Lipinski definition) is 1. The first-order chi connectivity index (χ1) is 8.33. The molecule has 2 nitrogen and oxygen atoms in total. The van der Waals surface area contributed by atoms with Crippen molar-refractivity contribution in [2.75, 3.05) is 6.54 Å². The van der Waals surface area contributed by atoms with E-state index in [0.717, 1.165) is 18.8 Å². The fourth-order valence-corrected chi connectivity index (χ4v) is 2.36. The van der Waals surface area contributed by atoms with Crippen molar-refractivity contribution in [3.8, 4) is 0 Å². The van der Waals surface area contributed by atoms with Crippen LogP contribution in [-0.4, -0.2) is 18.4 Å². The Balaban J connectivity index is 0.00000120. The molecule has 1 unspecified atom stereocenters. The van der Waals surface area contributed by atoms with Crippen molar-refractivity contribution in [1.82, 2.24) is 5.32 Å². The second-order valence-corrected chi connectivity index (χ2v) is 4.65. The first-order valence-corrected chi connectivity index (χ1v) is 6.09. The van der Waals surface area contributed by atoms with Crippen LogP contribution in [0.3, 0.4) is 0 Å². The van der Waals surface area contributed by atoms with Crippen LogP contribution in [0.1, 0.15) is 12.5 Å². The van der Waals surface area contributed by atoms with E-state index in [1.54, 1.807) is 0 Å². The molecule has 3 heteroatoms. The van der Waals surface area contributed by atoms with Crippen LogP contribution in [0.15, 0.2) is 47.5 Å². The van der Waals surface area contributed by atoms with Crippen LogP contribution < -0.4 is 5.32 Å². The van der Waals surface area contributed by atoms with Crippen LogP contribution in [0.5, 0.6) is 0 Å². The Morgan fingerprint density at radius 1 is 1.17 bits per heavy atom. The van der Waals surface area contributed by atoms with Crippen LogP contribution in [0.4, 0.5) is 0 Å². The Labute approximate surface area is 114 Å². The van der Waals surface area contributed by atoms with Gasteiger partial charge in [-0.15, -0.1) is 12.4 Å².